The number of benzene rings is 1. The smallest absolute Gasteiger partial charge is 0.254 e. The fourth-order valence-corrected chi connectivity index (χ4v) is 2.47. The van der Waals surface area contributed by atoms with E-state index in [-0.39, 0.29) is 0 Å². The van der Waals surface area contributed by atoms with Crippen molar-refractivity contribution in [1.29, 1.82) is 5.26 Å². The third-order valence-corrected chi connectivity index (χ3v) is 3.56. The quantitative estimate of drug-likeness (QED) is 0.700. The molecule has 0 atom stereocenters. The molecule has 2 N–H and O–H groups in total. The number of hydrogen-bond acceptors (Lipinski definition) is 6. The first kappa shape index (κ1) is 15.1. The topological polar surface area (TPSA) is 90.9 Å². The lowest BCUT2D eigenvalue weighted by Crippen LogP contribution is -2.16. The van der Waals surface area contributed by atoms with Crippen molar-refractivity contribution in [3.05, 3.63) is 46.9 Å². The van der Waals surface area contributed by atoms with Crippen LogP contribution in [0.4, 0.5) is 11.5 Å². The Labute approximate surface area is 137 Å². The first-order chi connectivity index (χ1) is 11.2. The van der Waals surface area contributed by atoms with Crippen LogP contribution in [0.1, 0.15) is 11.3 Å². The normalized spacial score (nSPS) is 10.5. The second-order valence-corrected chi connectivity index (χ2v) is 5.29. The molecule has 0 bridgehead atoms. The van der Waals surface area contributed by atoms with E-state index in [0.717, 1.165) is 11.5 Å². The minimum Gasteiger partial charge on any atom is -0.381 e. The summed E-state index contributed by atoms with van der Waals surface area (Å²) in [7, 11) is 0. The molecule has 2 heterocycles. The fraction of sp³-hybridized carbons (Fsp3) is 0.200. The van der Waals surface area contributed by atoms with E-state index in [4.69, 9.17) is 16.9 Å². The molecule has 2 aromatic heterocycles. The van der Waals surface area contributed by atoms with Gasteiger partial charge < -0.3 is 10.6 Å². The summed E-state index contributed by atoms with van der Waals surface area (Å²) in [6.45, 7) is 3.12. The molecule has 0 saturated heterocycles. The number of aryl methyl sites for hydroxylation is 1. The van der Waals surface area contributed by atoms with E-state index >= 15 is 0 Å². The zero-order valence-corrected chi connectivity index (χ0v) is 13.2. The van der Waals surface area contributed by atoms with E-state index < -0.39 is 0 Å². The van der Waals surface area contributed by atoms with Crippen LogP contribution in [-0.4, -0.2) is 32.7 Å². The second-order valence-electron chi connectivity index (χ2n) is 4.88. The highest BCUT2D eigenvalue weighted by atomic mass is 35.5. The lowest BCUT2D eigenvalue weighted by Gasteiger charge is -2.12. The maximum Gasteiger partial charge on any atom is 0.254 e. The average molecular weight is 328 g/mol. The Morgan fingerprint density at radius 3 is 2.96 bits per heavy atom. The van der Waals surface area contributed by atoms with Crippen molar-refractivity contribution in [2.45, 2.75) is 6.92 Å². The fourth-order valence-electron chi connectivity index (χ4n) is 2.23. The molecule has 3 aromatic rings. The van der Waals surface area contributed by atoms with Gasteiger partial charge in [-0.1, -0.05) is 17.7 Å². The Hall–Kier alpha value is -2.85. The Balaban J connectivity index is 1.66. The van der Waals surface area contributed by atoms with E-state index in [1.165, 1.54) is 6.33 Å². The predicted octanol–water partition coefficient (Wildman–Crippen LogP) is 2.48. The second kappa shape index (κ2) is 6.50. The van der Waals surface area contributed by atoms with Crippen LogP contribution >= 0.6 is 11.6 Å². The molecule has 0 aliphatic rings. The van der Waals surface area contributed by atoms with Crippen molar-refractivity contribution in [2.75, 3.05) is 23.7 Å². The molecule has 116 valence electrons. The predicted molar refractivity (Wildman–Crippen MR) is 88.7 cm³/mol. The number of fused-ring (bicyclic) bond motifs is 1. The van der Waals surface area contributed by atoms with Gasteiger partial charge in [0, 0.05) is 24.8 Å². The van der Waals surface area contributed by atoms with Crippen molar-refractivity contribution in [3.63, 3.8) is 0 Å². The molecule has 1 aromatic carbocycles. The SMILES string of the molecule is Cc1cc(NCCNc2c(Cl)cccc2C#N)n2ncnc2n1. The summed E-state index contributed by atoms with van der Waals surface area (Å²) < 4.78 is 1.64. The van der Waals surface area contributed by atoms with Gasteiger partial charge in [0.2, 0.25) is 0 Å². The summed E-state index contributed by atoms with van der Waals surface area (Å²) in [6.07, 6.45) is 1.47. The van der Waals surface area contributed by atoms with Crippen LogP contribution in [0.5, 0.6) is 0 Å². The van der Waals surface area contributed by atoms with Gasteiger partial charge in [0.15, 0.2) is 0 Å². The van der Waals surface area contributed by atoms with E-state index in [9.17, 15) is 0 Å². The van der Waals surface area contributed by atoms with Gasteiger partial charge >= 0.3 is 0 Å². The lowest BCUT2D eigenvalue weighted by molar-refractivity contribution is 0.915. The molecule has 23 heavy (non-hydrogen) atoms. The van der Waals surface area contributed by atoms with Crippen molar-refractivity contribution in [2.24, 2.45) is 0 Å². The van der Waals surface area contributed by atoms with Gasteiger partial charge in [0.1, 0.15) is 18.2 Å². The van der Waals surface area contributed by atoms with Crippen LogP contribution in [0, 0.1) is 18.3 Å². The Morgan fingerprint density at radius 1 is 1.30 bits per heavy atom. The van der Waals surface area contributed by atoms with Gasteiger partial charge in [-0.15, -0.1) is 0 Å². The number of hydrogen-bond donors (Lipinski definition) is 2. The molecule has 0 aliphatic heterocycles. The average Bonchev–Trinajstić information content (AvgIpc) is 3.00. The maximum atomic E-state index is 9.11. The molecule has 0 spiro atoms. The Bertz CT molecular complexity index is 881. The molecule has 0 saturated carbocycles. The third kappa shape index (κ3) is 3.17. The molecule has 0 fully saturated rings. The highest BCUT2D eigenvalue weighted by molar-refractivity contribution is 6.33. The van der Waals surface area contributed by atoms with Crippen molar-refractivity contribution in [1.82, 2.24) is 19.6 Å². The minimum absolute atomic E-state index is 0.524. The summed E-state index contributed by atoms with van der Waals surface area (Å²) in [6, 6.07) is 9.26. The van der Waals surface area contributed by atoms with Crippen LogP contribution in [0.3, 0.4) is 0 Å². The highest BCUT2D eigenvalue weighted by Gasteiger charge is 2.07. The number of aromatic nitrogens is 4. The number of rotatable bonds is 5. The molecule has 7 nitrogen and oxygen atoms in total. The summed E-state index contributed by atoms with van der Waals surface area (Å²) >= 11 is 6.12. The Morgan fingerprint density at radius 2 is 2.13 bits per heavy atom. The van der Waals surface area contributed by atoms with Gasteiger partial charge in [-0.2, -0.15) is 19.9 Å². The molecule has 0 aliphatic carbocycles. The summed E-state index contributed by atoms with van der Waals surface area (Å²) in [4.78, 5) is 8.37. The molecule has 0 unspecified atom stereocenters. The summed E-state index contributed by atoms with van der Waals surface area (Å²) in [5.41, 5.74) is 2.03. The number of anilines is 2. The largest absolute Gasteiger partial charge is 0.381 e. The van der Waals surface area contributed by atoms with E-state index in [1.54, 1.807) is 22.7 Å². The van der Waals surface area contributed by atoms with Crippen LogP contribution in [-0.2, 0) is 0 Å². The molecule has 8 heteroatoms. The number of nitriles is 1. The van der Waals surface area contributed by atoms with E-state index in [0.29, 0.717) is 35.1 Å². The van der Waals surface area contributed by atoms with Gasteiger partial charge in [-0.25, -0.2) is 4.98 Å². The van der Waals surface area contributed by atoms with Crippen molar-refractivity contribution in [3.8, 4) is 6.07 Å². The Kier molecular flexibility index (Phi) is 4.26. The number of nitrogens with zero attached hydrogens (tertiary/aromatic N) is 5. The highest BCUT2D eigenvalue weighted by Crippen LogP contribution is 2.25. The van der Waals surface area contributed by atoms with Crippen molar-refractivity contribution >= 4 is 28.9 Å². The lowest BCUT2D eigenvalue weighted by atomic mass is 10.2. The van der Waals surface area contributed by atoms with Crippen LogP contribution in [0.15, 0.2) is 30.6 Å². The zero-order valence-electron chi connectivity index (χ0n) is 12.4. The summed E-state index contributed by atoms with van der Waals surface area (Å²) in [5.74, 6) is 1.37. The van der Waals surface area contributed by atoms with Crippen LogP contribution < -0.4 is 10.6 Å². The monoisotopic (exact) mass is 327 g/mol. The standard InChI is InChI=1S/C15H14ClN7/c1-10-7-13(23-15(22-10)20-9-21-23)18-5-6-19-14-11(8-17)3-2-4-12(14)16/h2-4,7,9,18-19H,5-6H2,1H3. The molecular formula is C15H14ClN7. The van der Waals surface area contributed by atoms with E-state index in [2.05, 4.69) is 31.8 Å². The van der Waals surface area contributed by atoms with Gasteiger partial charge in [0.25, 0.3) is 5.78 Å². The number of halogens is 1. The van der Waals surface area contributed by atoms with Gasteiger partial charge in [-0.3, -0.25) is 0 Å². The summed E-state index contributed by atoms with van der Waals surface area (Å²) in [5, 5.41) is 20.2. The van der Waals surface area contributed by atoms with Crippen LogP contribution in [0.2, 0.25) is 5.02 Å². The minimum atomic E-state index is 0.524. The first-order valence-electron chi connectivity index (χ1n) is 7.03. The maximum absolute atomic E-state index is 9.11. The number of nitrogens with one attached hydrogen (secondary N) is 2. The number of para-hydroxylation sites is 1. The van der Waals surface area contributed by atoms with E-state index in [1.807, 2.05) is 13.0 Å². The van der Waals surface area contributed by atoms with Gasteiger partial charge in [-0.05, 0) is 19.1 Å². The van der Waals surface area contributed by atoms with Crippen molar-refractivity contribution < 1.29 is 0 Å². The first-order valence-corrected chi connectivity index (χ1v) is 7.40. The van der Waals surface area contributed by atoms with Gasteiger partial charge in [0.05, 0.1) is 16.3 Å². The zero-order chi connectivity index (χ0) is 16.2. The molecule has 0 amide bonds. The van der Waals surface area contributed by atoms with Crippen LogP contribution in [0.25, 0.3) is 5.78 Å². The molecule has 0 radical (unpaired) electrons. The molecule has 3 rings (SSSR count). The third-order valence-electron chi connectivity index (χ3n) is 3.25. The molecular weight excluding hydrogens is 314 g/mol.